The van der Waals surface area contributed by atoms with E-state index in [-0.39, 0.29) is 12.1 Å². The Morgan fingerprint density at radius 1 is 1.20 bits per heavy atom. The number of likely N-dealkylation sites (tertiary alicyclic amines) is 1. The molecule has 0 spiro atoms. The number of halogens is 1. The van der Waals surface area contributed by atoms with Gasteiger partial charge in [-0.2, -0.15) is 0 Å². The topological polar surface area (TPSA) is 29.5 Å². The Kier molecular flexibility index (Phi) is 6.42. The highest BCUT2D eigenvalue weighted by Crippen LogP contribution is 2.18. The number of carbonyl (C=O) groups excluding carboxylic acids is 1. The molecular formula is C21H22BrNO2. The van der Waals surface area contributed by atoms with Crippen LogP contribution in [0.4, 0.5) is 0 Å². The van der Waals surface area contributed by atoms with Crippen molar-refractivity contribution in [2.45, 2.75) is 25.5 Å². The molecule has 0 saturated carbocycles. The molecule has 1 unspecified atom stereocenters. The lowest BCUT2D eigenvalue weighted by Gasteiger charge is -2.32. The van der Waals surface area contributed by atoms with Crippen molar-refractivity contribution < 1.29 is 9.53 Å². The summed E-state index contributed by atoms with van der Waals surface area (Å²) in [7, 11) is 0. The number of hydrogen-bond donors (Lipinski definition) is 0. The van der Waals surface area contributed by atoms with E-state index >= 15 is 0 Å². The summed E-state index contributed by atoms with van der Waals surface area (Å²) in [4.78, 5) is 14.4. The Morgan fingerprint density at radius 3 is 2.84 bits per heavy atom. The van der Waals surface area contributed by atoms with E-state index in [0.717, 1.165) is 42.5 Å². The molecule has 1 aliphatic heterocycles. The molecule has 130 valence electrons. The zero-order chi connectivity index (χ0) is 17.5. The summed E-state index contributed by atoms with van der Waals surface area (Å²) >= 11 is 3.51. The minimum atomic E-state index is -0.266. The van der Waals surface area contributed by atoms with Crippen LogP contribution in [-0.4, -0.2) is 30.1 Å². The van der Waals surface area contributed by atoms with Gasteiger partial charge in [-0.3, -0.25) is 4.90 Å². The predicted octanol–water partition coefficient (Wildman–Crippen LogP) is 4.67. The first-order valence-electron chi connectivity index (χ1n) is 8.59. The molecule has 2 aromatic carbocycles. The van der Waals surface area contributed by atoms with Gasteiger partial charge < -0.3 is 4.74 Å². The number of hydrogen-bond acceptors (Lipinski definition) is 3. The average Bonchev–Trinajstić information content (AvgIpc) is 2.61. The molecule has 0 N–H and O–H groups in total. The van der Waals surface area contributed by atoms with Crippen molar-refractivity contribution in [3.05, 3.63) is 76.3 Å². The molecule has 1 atom stereocenters. The largest absolute Gasteiger partial charge is 0.458 e. The number of esters is 1. The molecule has 0 bridgehead atoms. The Balaban J connectivity index is 1.51. The fourth-order valence-electron chi connectivity index (χ4n) is 3.08. The van der Waals surface area contributed by atoms with E-state index in [1.165, 1.54) is 11.6 Å². The Morgan fingerprint density at radius 2 is 2.04 bits per heavy atom. The quantitative estimate of drug-likeness (QED) is 0.540. The smallest absolute Gasteiger partial charge is 0.331 e. The van der Waals surface area contributed by atoms with E-state index in [9.17, 15) is 4.79 Å². The molecule has 1 saturated heterocycles. The molecule has 3 nitrogen and oxygen atoms in total. The van der Waals surface area contributed by atoms with Gasteiger partial charge in [-0.15, -0.1) is 0 Å². The summed E-state index contributed by atoms with van der Waals surface area (Å²) in [6.45, 7) is 2.71. The molecule has 0 aliphatic carbocycles. The van der Waals surface area contributed by atoms with Gasteiger partial charge in [0.05, 0.1) is 0 Å². The van der Waals surface area contributed by atoms with E-state index in [1.54, 1.807) is 6.08 Å². The summed E-state index contributed by atoms with van der Waals surface area (Å²) in [5, 5.41) is 0. The summed E-state index contributed by atoms with van der Waals surface area (Å²) < 4.78 is 6.72. The third kappa shape index (κ3) is 5.83. The van der Waals surface area contributed by atoms with Gasteiger partial charge in [-0.05, 0) is 48.7 Å². The van der Waals surface area contributed by atoms with Crippen LogP contribution < -0.4 is 0 Å². The number of piperidine rings is 1. The van der Waals surface area contributed by atoms with Gasteiger partial charge in [0.25, 0.3) is 0 Å². The number of carbonyl (C=O) groups is 1. The van der Waals surface area contributed by atoms with E-state index in [4.69, 9.17) is 4.74 Å². The molecule has 0 amide bonds. The van der Waals surface area contributed by atoms with Crippen LogP contribution in [0.1, 0.15) is 24.0 Å². The summed E-state index contributed by atoms with van der Waals surface area (Å²) in [5.74, 6) is -0.266. The first-order valence-corrected chi connectivity index (χ1v) is 9.39. The van der Waals surface area contributed by atoms with Crippen molar-refractivity contribution in [3.63, 3.8) is 0 Å². The SMILES string of the molecule is O=C(/C=C/c1ccccc1)OC1CCCN(Cc2cccc(Br)c2)C1. The van der Waals surface area contributed by atoms with Crippen molar-refractivity contribution in [1.82, 2.24) is 4.90 Å². The van der Waals surface area contributed by atoms with Gasteiger partial charge in [0.15, 0.2) is 0 Å². The second-order valence-corrected chi connectivity index (χ2v) is 7.23. The third-order valence-electron chi connectivity index (χ3n) is 4.25. The second-order valence-electron chi connectivity index (χ2n) is 6.31. The van der Waals surface area contributed by atoms with E-state index in [0.29, 0.717) is 0 Å². The van der Waals surface area contributed by atoms with E-state index in [2.05, 4.69) is 39.0 Å². The zero-order valence-corrected chi connectivity index (χ0v) is 15.7. The molecule has 0 aromatic heterocycles. The van der Waals surface area contributed by atoms with Gasteiger partial charge >= 0.3 is 5.97 Å². The zero-order valence-electron chi connectivity index (χ0n) is 14.1. The highest BCUT2D eigenvalue weighted by Gasteiger charge is 2.22. The monoisotopic (exact) mass is 399 g/mol. The van der Waals surface area contributed by atoms with Crippen LogP contribution in [0.5, 0.6) is 0 Å². The number of nitrogens with zero attached hydrogens (tertiary/aromatic N) is 1. The molecule has 3 rings (SSSR count). The predicted molar refractivity (Wildman–Crippen MR) is 104 cm³/mol. The number of ether oxygens (including phenoxy) is 1. The van der Waals surface area contributed by atoms with E-state index in [1.807, 2.05) is 36.4 Å². The summed E-state index contributed by atoms with van der Waals surface area (Å²) in [6.07, 6.45) is 5.26. The van der Waals surface area contributed by atoms with Crippen LogP contribution in [0, 0.1) is 0 Å². The van der Waals surface area contributed by atoms with Crippen LogP contribution in [0.25, 0.3) is 6.08 Å². The maximum atomic E-state index is 12.1. The van der Waals surface area contributed by atoms with Gasteiger partial charge in [0, 0.05) is 23.6 Å². The Bertz CT molecular complexity index is 730. The fraction of sp³-hybridized carbons (Fsp3) is 0.286. The summed E-state index contributed by atoms with van der Waals surface area (Å²) in [5.41, 5.74) is 2.27. The maximum absolute atomic E-state index is 12.1. The van der Waals surface area contributed by atoms with Crippen molar-refractivity contribution >= 4 is 28.0 Å². The van der Waals surface area contributed by atoms with Crippen LogP contribution in [0.3, 0.4) is 0 Å². The number of rotatable bonds is 5. The lowest BCUT2D eigenvalue weighted by molar-refractivity contribution is -0.145. The standard InChI is InChI=1S/C21H22BrNO2/c22-19-9-4-8-18(14-19)15-23-13-5-10-20(16-23)25-21(24)12-11-17-6-2-1-3-7-17/h1-4,6-9,11-12,14,20H,5,10,13,15-16H2/b12-11+. The van der Waals surface area contributed by atoms with Gasteiger partial charge in [0.1, 0.15) is 6.10 Å². The summed E-state index contributed by atoms with van der Waals surface area (Å²) in [6, 6.07) is 18.1. The van der Waals surface area contributed by atoms with Crippen molar-refractivity contribution in [1.29, 1.82) is 0 Å². The minimum absolute atomic E-state index is 0.0335. The highest BCUT2D eigenvalue weighted by molar-refractivity contribution is 9.10. The molecule has 1 fully saturated rings. The van der Waals surface area contributed by atoms with Gasteiger partial charge in [0.2, 0.25) is 0 Å². The molecule has 25 heavy (non-hydrogen) atoms. The molecule has 1 aliphatic rings. The molecular weight excluding hydrogens is 378 g/mol. The molecule has 0 radical (unpaired) electrons. The van der Waals surface area contributed by atoms with Crippen molar-refractivity contribution in [3.8, 4) is 0 Å². The minimum Gasteiger partial charge on any atom is -0.458 e. The molecule has 4 heteroatoms. The van der Waals surface area contributed by atoms with Crippen LogP contribution in [0.15, 0.2) is 65.1 Å². The molecule has 1 heterocycles. The lowest BCUT2D eigenvalue weighted by Crippen LogP contribution is -2.39. The third-order valence-corrected chi connectivity index (χ3v) is 4.74. The van der Waals surface area contributed by atoms with E-state index < -0.39 is 0 Å². The fourth-order valence-corrected chi connectivity index (χ4v) is 3.53. The highest BCUT2D eigenvalue weighted by atomic mass is 79.9. The van der Waals surface area contributed by atoms with Crippen LogP contribution in [-0.2, 0) is 16.1 Å². The average molecular weight is 400 g/mol. The van der Waals surface area contributed by atoms with Crippen molar-refractivity contribution in [2.24, 2.45) is 0 Å². The first-order chi connectivity index (χ1) is 12.2. The Labute approximate surface area is 157 Å². The van der Waals surface area contributed by atoms with Crippen LogP contribution >= 0.6 is 15.9 Å². The number of benzene rings is 2. The van der Waals surface area contributed by atoms with Gasteiger partial charge in [-0.25, -0.2) is 4.79 Å². The first kappa shape index (κ1) is 17.9. The molecule has 2 aromatic rings. The second kappa shape index (κ2) is 8.97. The Hall–Kier alpha value is -1.91. The lowest BCUT2D eigenvalue weighted by atomic mass is 10.1. The normalized spacial score (nSPS) is 18.4. The maximum Gasteiger partial charge on any atom is 0.331 e. The van der Waals surface area contributed by atoms with Crippen LogP contribution in [0.2, 0.25) is 0 Å². The van der Waals surface area contributed by atoms with Crippen molar-refractivity contribution in [2.75, 3.05) is 13.1 Å². The van der Waals surface area contributed by atoms with Gasteiger partial charge in [-0.1, -0.05) is 58.4 Å².